The van der Waals surface area contributed by atoms with Gasteiger partial charge in [0.1, 0.15) is 25.6 Å². The molecule has 3 aliphatic heterocycles. The van der Waals surface area contributed by atoms with E-state index in [2.05, 4.69) is 16.0 Å². The number of pyridine rings is 2. The summed E-state index contributed by atoms with van der Waals surface area (Å²) in [5, 5.41) is 20.2. The summed E-state index contributed by atoms with van der Waals surface area (Å²) in [5.74, 6) is -5.52. The minimum atomic E-state index is -2.05. The second-order valence-corrected chi connectivity index (χ2v) is 23.3. The zero-order valence-electron chi connectivity index (χ0n) is 50.4. The van der Waals surface area contributed by atoms with E-state index in [0.29, 0.717) is 72.2 Å². The highest BCUT2D eigenvalue weighted by Crippen LogP contribution is 2.47. The number of aryl methyl sites for hydroxylation is 1. The number of imide groups is 1. The normalized spacial score (nSPS) is 19.3. The lowest BCUT2D eigenvalue weighted by Crippen LogP contribution is -2.44. The molecule has 89 heavy (non-hydrogen) atoms. The van der Waals surface area contributed by atoms with Gasteiger partial charge in [0.05, 0.1) is 74.6 Å². The average molecular weight is 1230 g/mol. The number of hydrogen-bond donors (Lipinski definition) is 4. The van der Waals surface area contributed by atoms with Crippen LogP contribution in [0.25, 0.3) is 22.3 Å². The van der Waals surface area contributed by atoms with E-state index in [-0.39, 0.29) is 157 Å². The van der Waals surface area contributed by atoms with Crippen molar-refractivity contribution in [1.29, 1.82) is 0 Å². The van der Waals surface area contributed by atoms with Gasteiger partial charge >= 0.3 is 5.97 Å². The standard InChI is InChI=1S/C65H76FN7O16/c1-4-65(85)49-29-53-60-47(34-72(53)63(83)48(49)36-89-64(65)84)59-52(17-16-46-38(3)50(66)30-51(70-60)58(46)59)71(5-2)57(80)37-87-23-21-43(74)31-69-62(82)42(27-39-9-7-6-8-10-39)28-45(76)32-68-54(77)18-15-44(75)35-88-26-25-86-24-22-67-61(81)41-13-11-40(12-14-41)33-73-55(78)19-20-56(73)79/h6-10,19-20,29-30,40-42,52,85H,4-5,11-18,21-28,31-37H2,1-3H3,(H,67,81)(H,68,77)(H,69,82)/t40?,41?,42-,52+,65+/m1/s1. The number of esters is 1. The van der Waals surface area contributed by atoms with Crippen LogP contribution in [0.4, 0.5) is 4.39 Å². The van der Waals surface area contributed by atoms with Gasteiger partial charge in [0, 0.05) is 91.9 Å². The molecule has 23 nitrogen and oxygen atoms in total. The molecular weight excluding hydrogens is 1150 g/mol. The Kier molecular flexibility index (Phi) is 21.6. The van der Waals surface area contributed by atoms with Crippen molar-refractivity contribution in [1.82, 2.24) is 35.3 Å². The quantitative estimate of drug-likeness (QED) is 0.0280. The van der Waals surface area contributed by atoms with Gasteiger partial charge in [-0.2, -0.15) is 0 Å². The Labute approximate surface area is 513 Å². The second kappa shape index (κ2) is 29.4. The number of likely N-dealkylation sites (N-methyl/N-ethyl adjacent to an activating group) is 1. The summed E-state index contributed by atoms with van der Waals surface area (Å²) in [4.78, 5) is 150. The Bertz CT molecular complexity index is 3510. The van der Waals surface area contributed by atoms with Crippen molar-refractivity contribution >= 4 is 69.7 Å². The summed E-state index contributed by atoms with van der Waals surface area (Å²) in [6.45, 7) is 4.75. The van der Waals surface area contributed by atoms with E-state index >= 15 is 4.39 Å². The number of nitrogens with zero attached hydrogens (tertiary/aromatic N) is 4. The first-order valence-corrected chi connectivity index (χ1v) is 30.6. The molecule has 0 bridgehead atoms. The number of fused-ring (bicyclic) bond motifs is 5. The number of aliphatic hydroxyl groups is 1. The van der Waals surface area contributed by atoms with E-state index < -0.39 is 64.9 Å². The third-order valence-electron chi connectivity index (χ3n) is 17.6. The SMILES string of the molecule is CCN(C(=O)COCCC(=O)CNC(=O)[C@@H](CC(=O)CNC(=O)CCC(=O)COCCOCCNC(=O)C1CCC(CN2C(=O)C=CC2=O)CC1)Cc1ccccc1)[C@H]1CCc2c(C)c(F)cc3nc4c(c1c23)Cn1c-4cc2c(c1=O)COC(=O)[C@]2(O)CC. The maximum absolute atomic E-state index is 15.6. The van der Waals surface area contributed by atoms with Crippen molar-refractivity contribution in [3.63, 3.8) is 0 Å². The number of Topliss-reactive ketones (excluding diaryl/α,β-unsaturated/α-hetero) is 3. The van der Waals surface area contributed by atoms with Crippen LogP contribution >= 0.6 is 0 Å². The highest BCUT2D eigenvalue weighted by atomic mass is 19.1. The fourth-order valence-corrected chi connectivity index (χ4v) is 12.6. The average Bonchev–Trinajstić information content (AvgIpc) is 1.68. The van der Waals surface area contributed by atoms with Gasteiger partial charge in [0.2, 0.25) is 23.6 Å². The van der Waals surface area contributed by atoms with Gasteiger partial charge in [-0.15, -0.1) is 0 Å². The minimum Gasteiger partial charge on any atom is -0.458 e. The molecule has 2 aromatic carbocycles. The number of ketones is 3. The summed E-state index contributed by atoms with van der Waals surface area (Å²) in [7, 11) is 0. The van der Waals surface area contributed by atoms with Crippen molar-refractivity contribution in [2.75, 3.05) is 72.4 Å². The Morgan fingerprint density at radius 2 is 1.53 bits per heavy atom. The molecule has 2 aliphatic carbocycles. The number of hydrogen-bond acceptors (Lipinski definition) is 17. The van der Waals surface area contributed by atoms with Crippen LogP contribution in [0.1, 0.15) is 123 Å². The number of benzene rings is 2. The van der Waals surface area contributed by atoms with Crippen LogP contribution < -0.4 is 21.5 Å². The van der Waals surface area contributed by atoms with Crippen molar-refractivity contribution in [3.05, 3.63) is 110 Å². The highest BCUT2D eigenvalue weighted by molar-refractivity contribution is 6.13. The summed E-state index contributed by atoms with van der Waals surface area (Å²) in [6.07, 6.45) is 5.59. The monoisotopic (exact) mass is 1230 g/mol. The predicted octanol–water partition coefficient (Wildman–Crippen LogP) is 3.62. The first-order valence-electron chi connectivity index (χ1n) is 30.6. The number of carbonyl (C=O) groups is 10. The second-order valence-electron chi connectivity index (χ2n) is 23.3. The van der Waals surface area contributed by atoms with Crippen molar-refractivity contribution in [3.8, 4) is 11.4 Å². The molecule has 474 valence electrons. The van der Waals surface area contributed by atoms with Gasteiger partial charge in [0.25, 0.3) is 17.4 Å². The Morgan fingerprint density at radius 3 is 2.26 bits per heavy atom. The van der Waals surface area contributed by atoms with Crippen molar-refractivity contribution in [2.45, 2.75) is 123 Å². The first-order chi connectivity index (χ1) is 42.8. The zero-order valence-corrected chi connectivity index (χ0v) is 50.4. The molecule has 5 aliphatic rings. The number of aromatic nitrogens is 2. The van der Waals surface area contributed by atoms with E-state index in [4.69, 9.17) is 23.9 Å². The predicted molar refractivity (Wildman–Crippen MR) is 318 cm³/mol. The van der Waals surface area contributed by atoms with Gasteiger partial charge in [-0.05, 0) is 99.5 Å². The Balaban J connectivity index is 0.682. The van der Waals surface area contributed by atoms with Crippen LogP contribution in [-0.4, -0.2) is 156 Å². The van der Waals surface area contributed by atoms with E-state index in [0.717, 1.165) is 29.5 Å². The number of carbonyl (C=O) groups excluding carboxylic acids is 10. The molecule has 0 unspecified atom stereocenters. The van der Waals surface area contributed by atoms with Crippen LogP contribution in [-0.2, 0) is 98.5 Å². The number of cyclic esters (lactones) is 1. The minimum absolute atomic E-state index is 0.0456. The lowest BCUT2D eigenvalue weighted by molar-refractivity contribution is -0.172. The summed E-state index contributed by atoms with van der Waals surface area (Å²) < 4.78 is 39.0. The molecule has 24 heteroatoms. The molecule has 3 atom stereocenters. The van der Waals surface area contributed by atoms with E-state index in [9.17, 15) is 57.8 Å². The molecule has 6 amide bonds. The van der Waals surface area contributed by atoms with Crippen LogP contribution in [0.15, 0.2) is 59.4 Å². The number of halogens is 1. The van der Waals surface area contributed by atoms with Gasteiger partial charge < -0.3 is 49.5 Å². The number of amides is 6. The summed E-state index contributed by atoms with van der Waals surface area (Å²) in [6, 6.07) is 11.4. The fourth-order valence-electron chi connectivity index (χ4n) is 12.6. The van der Waals surface area contributed by atoms with Crippen LogP contribution in [0.3, 0.4) is 0 Å². The molecule has 0 spiro atoms. The molecule has 5 heterocycles. The van der Waals surface area contributed by atoms with Crippen LogP contribution in [0.5, 0.6) is 0 Å². The van der Waals surface area contributed by atoms with Crippen LogP contribution in [0.2, 0.25) is 0 Å². The maximum atomic E-state index is 15.6. The molecule has 0 saturated heterocycles. The van der Waals surface area contributed by atoms with E-state index in [1.54, 1.807) is 49.1 Å². The molecule has 0 radical (unpaired) electrons. The molecule has 2 aromatic heterocycles. The fraction of sp³-hybridized carbons (Fsp3) is 0.508. The summed E-state index contributed by atoms with van der Waals surface area (Å²) in [5.41, 5.74) is 2.20. The smallest absolute Gasteiger partial charge is 0.343 e. The zero-order chi connectivity index (χ0) is 63.5. The van der Waals surface area contributed by atoms with Crippen molar-refractivity contribution in [2.24, 2.45) is 17.8 Å². The van der Waals surface area contributed by atoms with Crippen LogP contribution in [0, 0.1) is 30.5 Å². The van der Waals surface area contributed by atoms with Gasteiger partial charge in [0.15, 0.2) is 23.0 Å². The topological polar surface area (TPSA) is 305 Å². The van der Waals surface area contributed by atoms with Crippen molar-refractivity contribution < 1.29 is 76.4 Å². The molecule has 9 rings (SSSR count). The molecule has 4 aromatic rings. The van der Waals surface area contributed by atoms with Gasteiger partial charge in [-0.25, -0.2) is 14.2 Å². The highest BCUT2D eigenvalue weighted by Gasteiger charge is 2.46. The lowest BCUT2D eigenvalue weighted by Gasteiger charge is -2.37. The van der Waals surface area contributed by atoms with E-state index in [1.165, 1.54) is 27.7 Å². The first kappa shape index (κ1) is 65.3. The Morgan fingerprint density at radius 1 is 0.809 bits per heavy atom. The number of nitrogens with one attached hydrogen (secondary N) is 3. The van der Waals surface area contributed by atoms with Gasteiger partial charge in [-0.3, -0.25) is 52.8 Å². The number of rotatable bonds is 31. The third-order valence-corrected chi connectivity index (χ3v) is 17.6. The van der Waals surface area contributed by atoms with Gasteiger partial charge in [-0.1, -0.05) is 37.3 Å². The molecule has 1 saturated carbocycles. The lowest BCUT2D eigenvalue weighted by atomic mass is 9.81. The van der Waals surface area contributed by atoms with E-state index in [1.807, 2.05) is 13.0 Å². The molecule has 1 fully saturated rings. The number of ether oxygens (including phenoxy) is 4. The Hall–Kier alpha value is -8.19. The molecular formula is C65H76FN7O16. The molecule has 4 N–H and O–H groups in total. The summed E-state index contributed by atoms with van der Waals surface area (Å²) >= 11 is 0. The maximum Gasteiger partial charge on any atom is 0.343 e. The third kappa shape index (κ3) is 15.1. The largest absolute Gasteiger partial charge is 0.458 e.